The van der Waals surface area contributed by atoms with Gasteiger partial charge in [-0.1, -0.05) is 18.2 Å². The van der Waals surface area contributed by atoms with Gasteiger partial charge in [0, 0.05) is 11.8 Å². The molecule has 0 unspecified atom stereocenters. The van der Waals surface area contributed by atoms with E-state index in [9.17, 15) is 22.0 Å². The molecule has 0 aliphatic carbocycles. The number of hydrogen-bond acceptors (Lipinski definition) is 4. The highest BCUT2D eigenvalue weighted by Crippen LogP contribution is 2.23. The van der Waals surface area contributed by atoms with Crippen LogP contribution in [0.5, 0.6) is 5.75 Å². The molecule has 0 radical (unpaired) electrons. The summed E-state index contributed by atoms with van der Waals surface area (Å²) in [4.78, 5) is 12.4. The van der Waals surface area contributed by atoms with Gasteiger partial charge >= 0.3 is 6.61 Å². The van der Waals surface area contributed by atoms with Crippen LogP contribution in [0.25, 0.3) is 0 Å². The summed E-state index contributed by atoms with van der Waals surface area (Å²) < 4.78 is 53.6. The molecule has 0 aliphatic rings. The Morgan fingerprint density at radius 1 is 1.08 bits per heavy atom. The lowest BCUT2D eigenvalue weighted by Crippen LogP contribution is -2.20. The predicted octanol–water partition coefficient (Wildman–Crippen LogP) is 3.72. The number of amides is 1. The molecule has 25 heavy (non-hydrogen) atoms. The Morgan fingerprint density at radius 2 is 1.76 bits per heavy atom. The molecule has 0 aromatic heterocycles. The van der Waals surface area contributed by atoms with Gasteiger partial charge in [0.05, 0.1) is 15.7 Å². The smallest absolute Gasteiger partial charge is 0.387 e. The fourth-order valence-corrected chi connectivity index (χ4v) is 3.35. The zero-order chi connectivity index (χ0) is 18.6. The fourth-order valence-electron chi connectivity index (χ4n) is 2.10. The Labute approximate surface area is 144 Å². The third kappa shape index (κ3) is 4.54. The first-order valence-electron chi connectivity index (χ1n) is 7.41. The number of sulfone groups is 1. The number of carbonyl (C=O) groups is 1. The molecule has 8 heteroatoms. The van der Waals surface area contributed by atoms with Crippen LogP contribution in [0.15, 0.2) is 53.4 Å². The summed E-state index contributed by atoms with van der Waals surface area (Å²) in [5, 5.41) is 1.80. The van der Waals surface area contributed by atoms with Crippen molar-refractivity contribution in [3.05, 3.63) is 54.1 Å². The molecule has 0 aliphatic heterocycles. The van der Waals surface area contributed by atoms with Gasteiger partial charge < -0.3 is 10.1 Å². The minimum Gasteiger partial charge on any atom is -0.435 e. The summed E-state index contributed by atoms with van der Waals surface area (Å²) in [7, 11) is -3.65. The van der Waals surface area contributed by atoms with Crippen molar-refractivity contribution in [2.24, 2.45) is 0 Å². The number of ether oxygens (including phenoxy) is 1. The molecule has 2 aromatic carbocycles. The van der Waals surface area contributed by atoms with E-state index in [0.29, 0.717) is 0 Å². The van der Waals surface area contributed by atoms with E-state index in [0.717, 1.165) is 0 Å². The second-order valence-electron chi connectivity index (χ2n) is 5.45. The van der Waals surface area contributed by atoms with Crippen LogP contribution in [0.2, 0.25) is 0 Å². The molecule has 1 N–H and O–H groups in total. The lowest BCUT2D eigenvalue weighted by Gasteiger charge is -2.13. The van der Waals surface area contributed by atoms with Gasteiger partial charge in [-0.15, -0.1) is 0 Å². The maximum atomic E-state index is 12.5. The number of alkyl halides is 2. The first-order chi connectivity index (χ1) is 11.7. The standard InChI is InChI=1S/C17H17F2NO4S/c1-11(2)25(22,23)15-9-4-3-8-14(15)16(21)20-12-6-5-7-13(10-12)24-17(18)19/h3-11,17H,1-2H3,(H,20,21). The van der Waals surface area contributed by atoms with Crippen molar-refractivity contribution in [3.8, 4) is 5.75 Å². The van der Waals surface area contributed by atoms with Gasteiger partial charge in [0.1, 0.15) is 5.75 Å². The fraction of sp³-hybridized carbons (Fsp3) is 0.235. The lowest BCUT2D eigenvalue weighted by atomic mass is 10.2. The molecule has 2 rings (SSSR count). The number of benzene rings is 2. The van der Waals surface area contributed by atoms with Gasteiger partial charge in [-0.25, -0.2) is 8.42 Å². The molecule has 2 aromatic rings. The summed E-state index contributed by atoms with van der Waals surface area (Å²) in [6.45, 7) is 0.0625. The van der Waals surface area contributed by atoms with E-state index in [1.165, 1.54) is 56.3 Å². The summed E-state index contributed by atoms with van der Waals surface area (Å²) >= 11 is 0. The van der Waals surface area contributed by atoms with Crippen LogP contribution in [-0.2, 0) is 9.84 Å². The molecule has 0 saturated carbocycles. The molecule has 5 nitrogen and oxygen atoms in total. The Hall–Kier alpha value is -2.48. The second-order valence-corrected chi connectivity index (χ2v) is 7.92. The van der Waals surface area contributed by atoms with E-state index in [-0.39, 0.29) is 21.9 Å². The quantitative estimate of drug-likeness (QED) is 0.842. The monoisotopic (exact) mass is 369 g/mol. The maximum absolute atomic E-state index is 12.5. The summed E-state index contributed by atoms with van der Waals surface area (Å²) in [6, 6.07) is 11.3. The minimum atomic E-state index is -3.65. The van der Waals surface area contributed by atoms with Crippen molar-refractivity contribution >= 4 is 21.4 Å². The average Bonchev–Trinajstić information content (AvgIpc) is 2.54. The Balaban J connectivity index is 2.31. The average molecular weight is 369 g/mol. The van der Waals surface area contributed by atoms with Gasteiger partial charge in [0.2, 0.25) is 0 Å². The van der Waals surface area contributed by atoms with Crippen LogP contribution in [0.1, 0.15) is 24.2 Å². The van der Waals surface area contributed by atoms with E-state index in [2.05, 4.69) is 10.1 Å². The largest absolute Gasteiger partial charge is 0.435 e. The van der Waals surface area contributed by atoms with Gasteiger partial charge in [0.25, 0.3) is 5.91 Å². The molecular weight excluding hydrogens is 352 g/mol. The van der Waals surface area contributed by atoms with Crippen molar-refractivity contribution in [1.29, 1.82) is 0 Å². The Kier molecular flexibility index (Phi) is 5.73. The van der Waals surface area contributed by atoms with E-state index in [1.54, 1.807) is 6.07 Å². The van der Waals surface area contributed by atoms with Crippen molar-refractivity contribution in [1.82, 2.24) is 0 Å². The molecule has 1 amide bonds. The van der Waals surface area contributed by atoms with Crippen LogP contribution in [0.3, 0.4) is 0 Å². The summed E-state index contributed by atoms with van der Waals surface area (Å²) in [6.07, 6.45) is 0. The molecule has 134 valence electrons. The number of hydrogen-bond donors (Lipinski definition) is 1. The number of halogens is 2. The van der Waals surface area contributed by atoms with Crippen LogP contribution in [0, 0.1) is 0 Å². The van der Waals surface area contributed by atoms with E-state index in [4.69, 9.17) is 0 Å². The molecule has 0 atom stereocenters. The topological polar surface area (TPSA) is 72.5 Å². The van der Waals surface area contributed by atoms with Crippen LogP contribution in [0.4, 0.5) is 14.5 Å². The molecule has 0 bridgehead atoms. The number of anilines is 1. The van der Waals surface area contributed by atoms with Gasteiger partial charge in [-0.2, -0.15) is 8.78 Å². The van der Waals surface area contributed by atoms with Crippen molar-refractivity contribution < 1.29 is 26.7 Å². The normalized spacial score (nSPS) is 11.6. The third-order valence-corrected chi connectivity index (χ3v) is 5.59. The van der Waals surface area contributed by atoms with E-state index >= 15 is 0 Å². The summed E-state index contributed by atoms with van der Waals surface area (Å²) in [5.74, 6) is -0.773. The Morgan fingerprint density at radius 3 is 2.40 bits per heavy atom. The van der Waals surface area contributed by atoms with Crippen LogP contribution in [-0.4, -0.2) is 26.2 Å². The predicted molar refractivity (Wildman–Crippen MR) is 89.8 cm³/mol. The number of rotatable bonds is 6. The van der Waals surface area contributed by atoms with E-state index in [1.807, 2.05) is 0 Å². The van der Waals surface area contributed by atoms with E-state index < -0.39 is 27.6 Å². The van der Waals surface area contributed by atoms with Crippen molar-refractivity contribution in [2.75, 3.05) is 5.32 Å². The lowest BCUT2D eigenvalue weighted by molar-refractivity contribution is -0.0498. The first-order valence-corrected chi connectivity index (χ1v) is 8.95. The highest BCUT2D eigenvalue weighted by Gasteiger charge is 2.25. The minimum absolute atomic E-state index is 0.0172. The zero-order valence-electron chi connectivity index (χ0n) is 13.6. The molecule has 0 saturated heterocycles. The summed E-state index contributed by atoms with van der Waals surface area (Å²) in [5.41, 5.74) is 0.191. The highest BCUT2D eigenvalue weighted by atomic mass is 32.2. The van der Waals surface area contributed by atoms with Crippen LogP contribution < -0.4 is 10.1 Å². The first kappa shape index (κ1) is 18.9. The van der Waals surface area contributed by atoms with Crippen LogP contribution >= 0.6 is 0 Å². The maximum Gasteiger partial charge on any atom is 0.387 e. The third-order valence-electron chi connectivity index (χ3n) is 3.38. The van der Waals surface area contributed by atoms with Crippen molar-refractivity contribution in [3.63, 3.8) is 0 Å². The highest BCUT2D eigenvalue weighted by molar-refractivity contribution is 7.92. The van der Waals surface area contributed by atoms with Crippen molar-refractivity contribution in [2.45, 2.75) is 30.6 Å². The molecule has 0 spiro atoms. The number of nitrogens with one attached hydrogen (secondary N) is 1. The molecular formula is C17H17F2NO4S. The second kappa shape index (κ2) is 7.60. The molecule has 0 heterocycles. The Bertz CT molecular complexity index is 866. The van der Waals surface area contributed by atoms with Gasteiger partial charge in [0.15, 0.2) is 9.84 Å². The molecule has 0 fully saturated rings. The van der Waals surface area contributed by atoms with Gasteiger partial charge in [-0.05, 0) is 38.1 Å². The SMILES string of the molecule is CC(C)S(=O)(=O)c1ccccc1C(=O)Nc1cccc(OC(F)F)c1. The van der Waals surface area contributed by atoms with Gasteiger partial charge in [-0.3, -0.25) is 4.79 Å². The zero-order valence-corrected chi connectivity index (χ0v) is 14.4. The number of carbonyl (C=O) groups excluding carboxylic acids is 1.